The van der Waals surface area contributed by atoms with Gasteiger partial charge < -0.3 is 9.11 Å². The Morgan fingerprint density at radius 3 is 1.33 bits per heavy atom. The molecule has 0 saturated heterocycles. The van der Waals surface area contributed by atoms with Gasteiger partial charge in [0.05, 0.1) is 14.8 Å². The molecule has 0 N–H and O–H groups in total. The van der Waals surface area contributed by atoms with Gasteiger partial charge in [-0.15, -0.1) is 0 Å². The van der Waals surface area contributed by atoms with E-state index >= 15 is 0 Å². The number of halogens is 2. The molecular weight excluding hydrogens is 381 g/mol. The van der Waals surface area contributed by atoms with Crippen molar-refractivity contribution in [1.82, 2.24) is 0 Å². The normalized spacial score (nSPS) is 11.3. The molecular formula is C6H2Cl2K2O6S2. The molecule has 0 bridgehead atoms. The SMILES string of the molecule is O=S(=O)([O-])c1cc(Cl)cc(S(=O)(=O)[O-])c1Cl.[K+].[K+]. The minimum atomic E-state index is -5.01. The summed E-state index contributed by atoms with van der Waals surface area (Å²) in [6.07, 6.45) is 0. The second-order valence-electron chi connectivity index (χ2n) is 2.62. The summed E-state index contributed by atoms with van der Waals surface area (Å²) in [4.78, 5) is -2.09. The van der Waals surface area contributed by atoms with Crippen LogP contribution in [0.3, 0.4) is 0 Å². The van der Waals surface area contributed by atoms with Crippen molar-refractivity contribution in [2.45, 2.75) is 9.79 Å². The Balaban J connectivity index is 0. The van der Waals surface area contributed by atoms with Crippen molar-refractivity contribution in [2.24, 2.45) is 0 Å². The van der Waals surface area contributed by atoms with E-state index in [1.54, 1.807) is 0 Å². The fourth-order valence-electron chi connectivity index (χ4n) is 0.904. The van der Waals surface area contributed by atoms with Gasteiger partial charge in [0.2, 0.25) is 0 Å². The predicted octanol–water partition coefficient (Wildman–Crippen LogP) is -5.19. The van der Waals surface area contributed by atoms with Crippen LogP contribution in [0.2, 0.25) is 10.0 Å². The van der Waals surface area contributed by atoms with Gasteiger partial charge in [-0.3, -0.25) is 0 Å². The number of hydrogen-bond acceptors (Lipinski definition) is 6. The third kappa shape index (κ3) is 6.34. The molecule has 0 radical (unpaired) electrons. The van der Waals surface area contributed by atoms with Gasteiger partial charge in [-0.25, -0.2) is 16.8 Å². The van der Waals surface area contributed by atoms with Crippen molar-refractivity contribution in [3.63, 3.8) is 0 Å². The molecule has 1 aromatic rings. The summed E-state index contributed by atoms with van der Waals surface area (Å²) in [5.74, 6) is 0. The fraction of sp³-hybridized carbons (Fsp3) is 0. The molecule has 0 aromatic heterocycles. The molecule has 1 aromatic carbocycles. The quantitative estimate of drug-likeness (QED) is 0.373. The minimum Gasteiger partial charge on any atom is -0.744 e. The Morgan fingerprint density at radius 2 is 1.11 bits per heavy atom. The Hall–Kier alpha value is 2.89. The van der Waals surface area contributed by atoms with Crippen molar-refractivity contribution < 1.29 is 129 Å². The van der Waals surface area contributed by atoms with Gasteiger partial charge in [0, 0.05) is 5.02 Å². The molecule has 0 saturated carbocycles. The van der Waals surface area contributed by atoms with Gasteiger partial charge in [0.1, 0.15) is 20.2 Å². The number of benzene rings is 1. The monoisotopic (exact) mass is 382 g/mol. The third-order valence-electron chi connectivity index (χ3n) is 1.51. The van der Waals surface area contributed by atoms with Gasteiger partial charge in [-0.2, -0.15) is 0 Å². The summed E-state index contributed by atoms with van der Waals surface area (Å²) >= 11 is 10.7. The van der Waals surface area contributed by atoms with Crippen LogP contribution in [0.25, 0.3) is 0 Å². The molecule has 6 nitrogen and oxygen atoms in total. The second-order valence-corrected chi connectivity index (χ2v) is 6.13. The summed E-state index contributed by atoms with van der Waals surface area (Å²) in [5.41, 5.74) is 0. The topological polar surface area (TPSA) is 114 Å². The zero-order valence-corrected chi connectivity index (χ0v) is 18.6. The molecule has 0 fully saturated rings. The van der Waals surface area contributed by atoms with E-state index in [0.717, 1.165) is 0 Å². The Bertz CT molecular complexity index is 589. The molecule has 0 spiro atoms. The molecule has 0 aliphatic carbocycles. The van der Waals surface area contributed by atoms with E-state index in [-0.39, 0.29) is 103 Å². The zero-order valence-electron chi connectivity index (χ0n) is 9.18. The van der Waals surface area contributed by atoms with Gasteiger partial charge in [-0.05, 0) is 12.1 Å². The predicted molar refractivity (Wildman–Crippen MR) is 52.4 cm³/mol. The molecule has 1 rings (SSSR count). The van der Waals surface area contributed by atoms with Crippen LogP contribution in [0.4, 0.5) is 0 Å². The van der Waals surface area contributed by atoms with Crippen LogP contribution < -0.4 is 103 Å². The summed E-state index contributed by atoms with van der Waals surface area (Å²) in [5, 5.41) is -1.34. The van der Waals surface area contributed by atoms with E-state index in [4.69, 9.17) is 23.2 Å². The van der Waals surface area contributed by atoms with Gasteiger partial charge >= 0.3 is 103 Å². The molecule has 0 atom stereocenters. The molecule has 0 amide bonds. The maximum absolute atomic E-state index is 10.7. The summed E-state index contributed by atoms with van der Waals surface area (Å²) < 4.78 is 64.1. The first-order chi connectivity index (χ1) is 7.03. The van der Waals surface area contributed by atoms with E-state index in [2.05, 4.69) is 0 Å². The van der Waals surface area contributed by atoms with Crippen molar-refractivity contribution in [2.75, 3.05) is 0 Å². The van der Waals surface area contributed by atoms with E-state index in [1.165, 1.54) is 0 Å². The van der Waals surface area contributed by atoms with Gasteiger partial charge in [0.25, 0.3) is 0 Å². The van der Waals surface area contributed by atoms with Crippen LogP contribution in [0.1, 0.15) is 0 Å². The first-order valence-corrected chi connectivity index (χ1v) is 7.01. The Kier molecular flexibility index (Phi) is 10.9. The van der Waals surface area contributed by atoms with E-state index < -0.39 is 40.1 Å². The minimum absolute atomic E-state index is 0. The maximum Gasteiger partial charge on any atom is 1.00 e. The molecule has 0 unspecified atom stereocenters. The fourth-order valence-corrected chi connectivity index (χ4v) is 3.19. The Labute approximate surface area is 199 Å². The van der Waals surface area contributed by atoms with Crippen LogP contribution in [0, 0.1) is 0 Å². The third-order valence-corrected chi connectivity index (χ3v) is 4.08. The Morgan fingerprint density at radius 1 is 0.833 bits per heavy atom. The van der Waals surface area contributed by atoms with Crippen molar-refractivity contribution in [1.29, 1.82) is 0 Å². The van der Waals surface area contributed by atoms with Crippen LogP contribution in [0.5, 0.6) is 0 Å². The average Bonchev–Trinajstić information content (AvgIpc) is 2.04. The summed E-state index contributed by atoms with van der Waals surface area (Å²) in [6.45, 7) is 0. The van der Waals surface area contributed by atoms with Crippen LogP contribution in [-0.4, -0.2) is 25.9 Å². The molecule has 0 aliphatic rings. The largest absolute Gasteiger partial charge is 1.00 e. The molecule has 18 heavy (non-hydrogen) atoms. The van der Waals surface area contributed by atoms with Crippen LogP contribution in [0.15, 0.2) is 21.9 Å². The first-order valence-electron chi connectivity index (χ1n) is 3.44. The van der Waals surface area contributed by atoms with Gasteiger partial charge in [0.15, 0.2) is 0 Å². The van der Waals surface area contributed by atoms with Crippen LogP contribution in [-0.2, 0) is 20.2 Å². The van der Waals surface area contributed by atoms with Crippen molar-refractivity contribution in [3.05, 3.63) is 22.2 Å². The van der Waals surface area contributed by atoms with E-state index in [0.29, 0.717) is 12.1 Å². The molecule has 12 heteroatoms. The molecule has 0 heterocycles. The molecule has 0 aliphatic heterocycles. The maximum atomic E-state index is 10.7. The second kappa shape index (κ2) is 8.51. The van der Waals surface area contributed by atoms with Crippen molar-refractivity contribution >= 4 is 43.4 Å². The van der Waals surface area contributed by atoms with Gasteiger partial charge in [-0.1, -0.05) is 23.2 Å². The standard InChI is InChI=1S/C6H4Cl2O6S2.2K/c7-3-1-4(15(9,10)11)6(8)5(2-3)16(12,13)14;;/h1-2H,(H,9,10,11)(H,12,13,14);;/q;2*+1/p-2. The van der Waals surface area contributed by atoms with E-state index in [1.807, 2.05) is 0 Å². The van der Waals surface area contributed by atoms with E-state index in [9.17, 15) is 25.9 Å². The smallest absolute Gasteiger partial charge is 0.744 e. The summed E-state index contributed by atoms with van der Waals surface area (Å²) in [7, 11) is -10.0. The summed E-state index contributed by atoms with van der Waals surface area (Å²) in [6, 6.07) is 1.34. The van der Waals surface area contributed by atoms with Crippen LogP contribution >= 0.6 is 23.2 Å². The van der Waals surface area contributed by atoms with Crippen molar-refractivity contribution in [3.8, 4) is 0 Å². The molecule has 90 valence electrons. The number of rotatable bonds is 2. The first kappa shape index (κ1) is 23.2. The number of hydrogen-bond donors (Lipinski definition) is 0. The zero-order chi connectivity index (χ0) is 12.7. The average molecular weight is 383 g/mol.